The zero-order chi connectivity index (χ0) is 22.5. The van der Waals surface area contributed by atoms with E-state index in [0.29, 0.717) is 5.56 Å². The van der Waals surface area contributed by atoms with Crippen LogP contribution in [0.15, 0.2) is 72.8 Å². The van der Waals surface area contributed by atoms with Gasteiger partial charge in [-0.05, 0) is 18.1 Å². The number of benzene rings is 2. The average Bonchev–Trinajstić information content (AvgIpc) is 2.78. The number of amides is 1. The molecule has 0 spiro atoms. The highest BCUT2D eigenvalue weighted by atomic mass is 32.2. The van der Waals surface area contributed by atoms with Crippen molar-refractivity contribution in [3.05, 3.63) is 83.9 Å². The van der Waals surface area contributed by atoms with Crippen LogP contribution in [-0.4, -0.2) is 61.2 Å². The number of rotatable bonds is 7. The van der Waals surface area contributed by atoms with Crippen molar-refractivity contribution < 1.29 is 18.7 Å². The van der Waals surface area contributed by atoms with Gasteiger partial charge in [-0.25, -0.2) is 14.2 Å². The average molecular weight is 444 g/mol. The van der Waals surface area contributed by atoms with Crippen molar-refractivity contribution in [3.8, 4) is 0 Å². The maximum Gasteiger partial charge on any atom is 0.240 e. The minimum Gasteiger partial charge on any atom is -0.386 e. The predicted octanol–water partition coefficient (Wildman–Crippen LogP) is 2.27. The van der Waals surface area contributed by atoms with E-state index in [2.05, 4.69) is 5.32 Å². The maximum absolute atomic E-state index is 13.4. The Labute approximate surface area is 185 Å². The van der Waals surface area contributed by atoms with Crippen molar-refractivity contribution in [1.82, 2.24) is 15.3 Å². The Bertz CT molecular complexity index is 923. The van der Waals surface area contributed by atoms with Gasteiger partial charge in [0.15, 0.2) is 11.1 Å². The first-order valence-electron chi connectivity index (χ1n) is 10.1. The Morgan fingerprint density at radius 3 is 2.10 bits per heavy atom. The van der Waals surface area contributed by atoms with Crippen LogP contribution in [-0.2, 0) is 15.9 Å². The quantitative estimate of drug-likeness (QED) is 0.449. The second-order valence-electron chi connectivity index (χ2n) is 7.78. The van der Waals surface area contributed by atoms with Crippen LogP contribution in [0.2, 0.25) is 0 Å². The summed E-state index contributed by atoms with van der Waals surface area (Å²) in [5.74, 6) is -0.382. The number of aliphatic hydroxyl groups is 1. The Hall–Kier alpha value is -2.36. The van der Waals surface area contributed by atoms with Gasteiger partial charge in [-0.2, -0.15) is 0 Å². The van der Waals surface area contributed by atoms with Gasteiger partial charge in [0.05, 0.1) is 18.2 Å². The highest BCUT2D eigenvalue weighted by molar-refractivity contribution is 7.80. The number of carbonyl (C=O) groups is 1. The van der Waals surface area contributed by atoms with Crippen molar-refractivity contribution in [2.45, 2.75) is 36.4 Å². The molecule has 0 aliphatic carbocycles. The summed E-state index contributed by atoms with van der Waals surface area (Å²) in [5.41, 5.74) is 1.63. The first kappa shape index (κ1) is 23.3. The fourth-order valence-corrected chi connectivity index (χ4v) is 4.63. The molecule has 0 fully saturated rings. The molecule has 0 saturated carbocycles. The number of hydrazine groups is 1. The third-order valence-electron chi connectivity index (χ3n) is 5.49. The van der Waals surface area contributed by atoms with Crippen LogP contribution in [0.4, 0.5) is 0 Å². The van der Waals surface area contributed by atoms with Gasteiger partial charge in [-0.15, -0.1) is 0 Å². The van der Waals surface area contributed by atoms with Crippen molar-refractivity contribution >= 4 is 17.0 Å². The number of hydrogen-bond donors (Lipinski definition) is 3. The molecule has 0 radical (unpaired) electrons. The lowest BCUT2D eigenvalue weighted by Crippen LogP contribution is -2.64. The lowest BCUT2D eigenvalue weighted by atomic mass is 9.95. The summed E-state index contributed by atoms with van der Waals surface area (Å²) in [4.78, 5) is 13.4. The smallest absolute Gasteiger partial charge is 0.240 e. The van der Waals surface area contributed by atoms with Gasteiger partial charge in [0.1, 0.15) is 11.3 Å². The summed E-state index contributed by atoms with van der Waals surface area (Å²) in [5, 5.41) is 16.4. The number of aliphatic hydroxyl groups excluding tert-OH is 1. The molecule has 166 valence electrons. The van der Waals surface area contributed by atoms with Gasteiger partial charge < -0.3 is 15.0 Å². The monoisotopic (exact) mass is 443 g/mol. The molecule has 2 aromatic carbocycles. The first-order chi connectivity index (χ1) is 14.8. The Kier molecular flexibility index (Phi) is 7.74. The molecule has 1 aliphatic heterocycles. The summed E-state index contributed by atoms with van der Waals surface area (Å²) >= 11 is -2.27. The zero-order valence-corrected chi connectivity index (χ0v) is 18.6. The highest BCUT2D eigenvalue weighted by Gasteiger charge is 2.45. The van der Waals surface area contributed by atoms with Gasteiger partial charge in [0.2, 0.25) is 5.91 Å². The van der Waals surface area contributed by atoms with Crippen LogP contribution in [0.25, 0.3) is 0 Å². The van der Waals surface area contributed by atoms with E-state index < -0.39 is 34.5 Å². The Morgan fingerprint density at radius 2 is 1.58 bits per heavy atom. The molecule has 31 heavy (non-hydrogen) atoms. The number of hydrogen-bond acceptors (Lipinski definition) is 5. The topological polar surface area (TPSA) is 93.1 Å². The summed E-state index contributed by atoms with van der Waals surface area (Å²) in [6, 6.07) is 16.8. The standard InChI is InChI=1S/C23H29N3O4S/c1-16(17-10-6-4-7-11-17)24-23(28)21-20(31(29)30)15-14-19(26(21)25(2)3)22(27)18-12-8-5-9-13-18/h4-16,19-22,27H,1-3H3,(H,24,28)(H,29,30)/t16-,19+,20+,21-,22+/m1/s1. The molecule has 1 aliphatic rings. The second-order valence-corrected chi connectivity index (χ2v) is 8.88. The van der Waals surface area contributed by atoms with Crippen LogP contribution in [0.1, 0.15) is 30.2 Å². The van der Waals surface area contributed by atoms with E-state index in [4.69, 9.17) is 0 Å². The molecule has 0 bridgehead atoms. The normalized spacial score (nSPS) is 24.5. The number of nitrogens with one attached hydrogen (secondary N) is 1. The number of carbonyl (C=O) groups excluding carboxylic acids is 1. The van der Waals surface area contributed by atoms with Gasteiger partial charge in [-0.1, -0.05) is 72.8 Å². The third-order valence-corrected chi connectivity index (χ3v) is 6.37. The van der Waals surface area contributed by atoms with Crippen molar-refractivity contribution in [3.63, 3.8) is 0 Å². The van der Waals surface area contributed by atoms with E-state index >= 15 is 0 Å². The fourth-order valence-electron chi connectivity index (χ4n) is 3.94. The van der Waals surface area contributed by atoms with Crippen molar-refractivity contribution in [1.29, 1.82) is 0 Å². The van der Waals surface area contributed by atoms with E-state index in [9.17, 15) is 18.7 Å². The SMILES string of the molecule is C[C@@H](NC(=O)[C@H]1[C@@H](S(=O)O)C=C[C@@H]([C@@H](O)c2ccccc2)N1N(C)C)c1ccccc1. The summed E-state index contributed by atoms with van der Waals surface area (Å²) in [6.07, 6.45) is 2.33. The summed E-state index contributed by atoms with van der Waals surface area (Å²) in [7, 11) is 3.50. The molecule has 0 saturated heterocycles. The lowest BCUT2D eigenvalue weighted by Gasteiger charge is -2.46. The molecule has 0 aromatic heterocycles. The van der Waals surface area contributed by atoms with Crippen molar-refractivity contribution in [2.75, 3.05) is 14.1 Å². The van der Waals surface area contributed by atoms with Crippen LogP contribution >= 0.6 is 0 Å². The largest absolute Gasteiger partial charge is 0.386 e. The maximum atomic E-state index is 13.4. The third kappa shape index (κ3) is 5.28. The van der Waals surface area contributed by atoms with E-state index in [-0.39, 0.29) is 11.9 Å². The van der Waals surface area contributed by atoms with Gasteiger partial charge in [-0.3, -0.25) is 4.79 Å². The summed E-state index contributed by atoms with van der Waals surface area (Å²) < 4.78 is 22.0. The second kappa shape index (κ2) is 10.3. The molecule has 7 nitrogen and oxygen atoms in total. The van der Waals surface area contributed by atoms with Gasteiger partial charge in [0, 0.05) is 14.1 Å². The molecular weight excluding hydrogens is 414 g/mol. The Balaban J connectivity index is 1.93. The van der Waals surface area contributed by atoms with E-state index in [0.717, 1.165) is 5.56 Å². The molecule has 1 unspecified atom stereocenters. The molecule has 3 rings (SSSR count). The van der Waals surface area contributed by atoms with Gasteiger partial charge in [0.25, 0.3) is 0 Å². The van der Waals surface area contributed by atoms with E-state index in [1.165, 1.54) is 0 Å². The molecule has 6 atom stereocenters. The first-order valence-corrected chi connectivity index (χ1v) is 11.3. The minimum absolute atomic E-state index is 0.283. The fraction of sp³-hybridized carbons (Fsp3) is 0.348. The van der Waals surface area contributed by atoms with Crippen LogP contribution in [0.5, 0.6) is 0 Å². The summed E-state index contributed by atoms with van der Waals surface area (Å²) in [6.45, 7) is 1.87. The highest BCUT2D eigenvalue weighted by Crippen LogP contribution is 2.30. The van der Waals surface area contributed by atoms with Crippen molar-refractivity contribution in [2.24, 2.45) is 0 Å². The molecular formula is C23H29N3O4S. The van der Waals surface area contributed by atoms with E-state index in [1.807, 2.05) is 67.6 Å². The van der Waals surface area contributed by atoms with Crippen LogP contribution in [0, 0.1) is 0 Å². The zero-order valence-electron chi connectivity index (χ0n) is 17.8. The van der Waals surface area contributed by atoms with Gasteiger partial charge >= 0.3 is 0 Å². The Morgan fingerprint density at radius 1 is 1.03 bits per heavy atom. The van der Waals surface area contributed by atoms with Crippen LogP contribution in [0.3, 0.4) is 0 Å². The minimum atomic E-state index is -2.27. The predicted molar refractivity (Wildman–Crippen MR) is 121 cm³/mol. The number of nitrogens with zero attached hydrogens (tertiary/aromatic N) is 2. The molecule has 1 amide bonds. The molecule has 1 heterocycles. The van der Waals surface area contributed by atoms with E-state index in [1.54, 1.807) is 36.3 Å². The van der Waals surface area contributed by atoms with Crippen LogP contribution < -0.4 is 5.32 Å². The lowest BCUT2D eigenvalue weighted by molar-refractivity contribution is -0.141. The molecule has 8 heteroatoms. The molecule has 3 N–H and O–H groups in total. The molecule has 2 aromatic rings.